The highest BCUT2D eigenvalue weighted by Gasteiger charge is 2.15. The summed E-state index contributed by atoms with van der Waals surface area (Å²) in [5.41, 5.74) is 0.345. The molecule has 0 saturated carbocycles. The zero-order valence-electron chi connectivity index (χ0n) is 13.2. The lowest BCUT2D eigenvalue weighted by molar-refractivity contribution is -0.119. The Balaban J connectivity index is 1.99. The third kappa shape index (κ3) is 4.36. The van der Waals surface area contributed by atoms with Gasteiger partial charge in [-0.15, -0.1) is 11.3 Å². The molecule has 24 heavy (non-hydrogen) atoms. The minimum absolute atomic E-state index is 0.311. The van der Waals surface area contributed by atoms with Gasteiger partial charge in [0.15, 0.2) is 6.61 Å². The van der Waals surface area contributed by atoms with E-state index in [1.807, 2.05) is 0 Å². The number of carbonyl (C=O) groups excluding carboxylic acids is 2. The van der Waals surface area contributed by atoms with E-state index in [1.165, 1.54) is 37.8 Å². The van der Waals surface area contributed by atoms with E-state index in [0.717, 1.165) is 5.01 Å². The monoisotopic (exact) mass is 370 g/mol. The number of rotatable bonds is 6. The predicted octanol–water partition coefficient (Wildman–Crippen LogP) is 2.92. The topological polar surface area (TPSA) is 86.8 Å². The van der Waals surface area contributed by atoms with Gasteiger partial charge in [-0.25, -0.2) is 9.78 Å². The summed E-state index contributed by atoms with van der Waals surface area (Å²) in [6, 6.07) is 3.04. The molecule has 0 saturated heterocycles. The van der Waals surface area contributed by atoms with Gasteiger partial charge in [-0.2, -0.15) is 0 Å². The Hall–Kier alpha value is -2.32. The summed E-state index contributed by atoms with van der Waals surface area (Å²) in [6.45, 7) is 1.33. The van der Waals surface area contributed by atoms with Gasteiger partial charge in [0.1, 0.15) is 16.4 Å². The fourth-order valence-electron chi connectivity index (χ4n) is 1.80. The third-order valence-corrected chi connectivity index (χ3v) is 4.09. The van der Waals surface area contributed by atoms with E-state index in [-0.39, 0.29) is 0 Å². The zero-order valence-corrected chi connectivity index (χ0v) is 14.8. The molecule has 1 heterocycles. The fourth-order valence-corrected chi connectivity index (χ4v) is 2.71. The standard InChI is InChI=1S/C15H15ClN2O5S/c1-8-17-6-13(24-8)15(20)23-7-14(19)18-10-4-9(16)11(21-2)5-12(10)22-3/h4-6H,7H2,1-3H3,(H,18,19). The Labute approximate surface area is 147 Å². The SMILES string of the molecule is COc1cc(OC)c(NC(=O)COC(=O)c2cnc(C)s2)cc1Cl. The van der Waals surface area contributed by atoms with Crippen LogP contribution in [0.3, 0.4) is 0 Å². The van der Waals surface area contributed by atoms with Gasteiger partial charge in [-0.3, -0.25) is 4.79 Å². The van der Waals surface area contributed by atoms with Crippen LogP contribution in [0.25, 0.3) is 0 Å². The maximum atomic E-state index is 12.0. The molecule has 2 aromatic rings. The smallest absolute Gasteiger partial charge is 0.350 e. The number of aromatic nitrogens is 1. The number of anilines is 1. The molecule has 1 aromatic carbocycles. The van der Waals surface area contributed by atoms with Gasteiger partial charge in [0.2, 0.25) is 0 Å². The molecule has 9 heteroatoms. The van der Waals surface area contributed by atoms with Crippen LogP contribution in [-0.4, -0.2) is 37.7 Å². The van der Waals surface area contributed by atoms with Gasteiger partial charge in [0.05, 0.1) is 36.1 Å². The number of thiazole rings is 1. The van der Waals surface area contributed by atoms with Crippen molar-refractivity contribution < 1.29 is 23.8 Å². The highest BCUT2D eigenvalue weighted by molar-refractivity contribution is 7.13. The van der Waals surface area contributed by atoms with Crippen LogP contribution in [0.15, 0.2) is 18.3 Å². The van der Waals surface area contributed by atoms with Crippen molar-refractivity contribution in [1.29, 1.82) is 0 Å². The van der Waals surface area contributed by atoms with Gasteiger partial charge >= 0.3 is 5.97 Å². The number of ether oxygens (including phenoxy) is 3. The van der Waals surface area contributed by atoms with Gasteiger partial charge in [0.25, 0.3) is 5.91 Å². The number of hydrogen-bond donors (Lipinski definition) is 1. The van der Waals surface area contributed by atoms with Crippen LogP contribution in [0.5, 0.6) is 11.5 Å². The normalized spacial score (nSPS) is 10.2. The highest BCUT2D eigenvalue weighted by atomic mass is 35.5. The molecule has 0 aliphatic rings. The second kappa shape index (κ2) is 7.98. The molecule has 0 spiro atoms. The fraction of sp³-hybridized carbons (Fsp3) is 0.267. The summed E-state index contributed by atoms with van der Waals surface area (Å²) in [5.74, 6) is -0.341. The average Bonchev–Trinajstić information content (AvgIpc) is 2.99. The van der Waals surface area contributed by atoms with Crippen LogP contribution < -0.4 is 14.8 Å². The van der Waals surface area contributed by atoms with Crippen LogP contribution in [0, 0.1) is 6.92 Å². The number of amides is 1. The molecular formula is C15H15ClN2O5S. The summed E-state index contributed by atoms with van der Waals surface area (Å²) in [6.07, 6.45) is 1.41. The number of halogens is 1. The van der Waals surface area contributed by atoms with E-state index >= 15 is 0 Å². The largest absolute Gasteiger partial charge is 0.495 e. The van der Waals surface area contributed by atoms with Crippen LogP contribution in [0.2, 0.25) is 5.02 Å². The molecule has 0 aliphatic carbocycles. The number of aryl methyl sites for hydroxylation is 1. The molecule has 0 fully saturated rings. The van der Waals surface area contributed by atoms with E-state index in [9.17, 15) is 9.59 Å². The summed E-state index contributed by atoms with van der Waals surface area (Å²) in [5, 5.41) is 3.62. The van der Waals surface area contributed by atoms with Crippen molar-refractivity contribution in [2.75, 3.05) is 26.1 Å². The van der Waals surface area contributed by atoms with Crippen LogP contribution in [-0.2, 0) is 9.53 Å². The van der Waals surface area contributed by atoms with Crippen molar-refractivity contribution in [2.45, 2.75) is 6.92 Å². The number of hydrogen-bond acceptors (Lipinski definition) is 7. The molecule has 128 valence electrons. The predicted molar refractivity (Wildman–Crippen MR) is 90.3 cm³/mol. The van der Waals surface area contributed by atoms with Gasteiger partial charge in [-0.05, 0) is 13.0 Å². The number of carbonyl (C=O) groups is 2. The highest BCUT2D eigenvalue weighted by Crippen LogP contribution is 2.35. The number of nitrogens with zero attached hydrogens (tertiary/aromatic N) is 1. The lowest BCUT2D eigenvalue weighted by Gasteiger charge is -2.13. The van der Waals surface area contributed by atoms with Gasteiger partial charge < -0.3 is 19.5 Å². The lowest BCUT2D eigenvalue weighted by atomic mass is 10.2. The molecule has 2 rings (SSSR count). The zero-order chi connectivity index (χ0) is 17.7. The summed E-state index contributed by atoms with van der Waals surface area (Å²) in [7, 11) is 2.92. The van der Waals surface area contributed by atoms with E-state index in [0.29, 0.717) is 27.1 Å². The van der Waals surface area contributed by atoms with Crippen molar-refractivity contribution >= 4 is 40.5 Å². The van der Waals surface area contributed by atoms with Crippen molar-refractivity contribution in [3.05, 3.63) is 33.2 Å². The second-order valence-corrected chi connectivity index (χ2v) is 6.20. The summed E-state index contributed by atoms with van der Waals surface area (Å²) < 4.78 is 15.2. The minimum Gasteiger partial charge on any atom is -0.495 e. The Morgan fingerprint density at radius 3 is 2.54 bits per heavy atom. The molecule has 0 bridgehead atoms. The average molecular weight is 371 g/mol. The van der Waals surface area contributed by atoms with Crippen LogP contribution in [0.4, 0.5) is 5.69 Å². The molecule has 0 unspecified atom stereocenters. The van der Waals surface area contributed by atoms with Crippen LogP contribution in [0.1, 0.15) is 14.7 Å². The van der Waals surface area contributed by atoms with Crippen molar-refractivity contribution in [1.82, 2.24) is 4.98 Å². The molecule has 0 radical (unpaired) electrons. The summed E-state index contributed by atoms with van der Waals surface area (Å²) in [4.78, 5) is 28.0. The quantitative estimate of drug-likeness (QED) is 0.787. The molecule has 7 nitrogen and oxygen atoms in total. The Morgan fingerprint density at radius 2 is 1.96 bits per heavy atom. The second-order valence-electron chi connectivity index (χ2n) is 4.55. The molecular weight excluding hydrogens is 356 g/mol. The van der Waals surface area contributed by atoms with Gasteiger partial charge in [0, 0.05) is 6.07 Å². The van der Waals surface area contributed by atoms with E-state index in [1.54, 1.807) is 13.0 Å². The Kier molecular flexibility index (Phi) is 5.99. The molecule has 0 atom stereocenters. The minimum atomic E-state index is -0.601. The number of methoxy groups -OCH3 is 2. The van der Waals surface area contributed by atoms with Crippen molar-refractivity contribution in [3.8, 4) is 11.5 Å². The first-order valence-electron chi connectivity index (χ1n) is 6.75. The third-order valence-electron chi connectivity index (χ3n) is 2.90. The van der Waals surface area contributed by atoms with Crippen molar-refractivity contribution in [2.24, 2.45) is 0 Å². The number of nitrogens with one attached hydrogen (secondary N) is 1. The first-order chi connectivity index (χ1) is 11.4. The maximum absolute atomic E-state index is 12.0. The van der Waals surface area contributed by atoms with Gasteiger partial charge in [-0.1, -0.05) is 11.6 Å². The van der Waals surface area contributed by atoms with Crippen LogP contribution >= 0.6 is 22.9 Å². The first-order valence-corrected chi connectivity index (χ1v) is 7.95. The molecule has 1 amide bonds. The van der Waals surface area contributed by atoms with Crippen molar-refractivity contribution in [3.63, 3.8) is 0 Å². The molecule has 1 N–H and O–H groups in total. The van der Waals surface area contributed by atoms with E-state index in [4.69, 9.17) is 25.8 Å². The number of esters is 1. The lowest BCUT2D eigenvalue weighted by Crippen LogP contribution is -2.21. The summed E-state index contributed by atoms with van der Waals surface area (Å²) >= 11 is 7.22. The molecule has 1 aromatic heterocycles. The Bertz CT molecular complexity index is 762. The Morgan fingerprint density at radius 1 is 1.25 bits per heavy atom. The first kappa shape index (κ1) is 18.0. The van der Waals surface area contributed by atoms with E-state index < -0.39 is 18.5 Å². The molecule has 0 aliphatic heterocycles. The van der Waals surface area contributed by atoms with E-state index in [2.05, 4.69) is 10.3 Å². The maximum Gasteiger partial charge on any atom is 0.350 e. The number of benzene rings is 1.